The lowest BCUT2D eigenvalue weighted by Gasteiger charge is -2.11. The Bertz CT molecular complexity index is 1040. The second-order valence-corrected chi connectivity index (χ2v) is 7.99. The summed E-state index contributed by atoms with van der Waals surface area (Å²) < 4.78 is 55.4. The van der Waals surface area contributed by atoms with Gasteiger partial charge in [-0.15, -0.1) is 0 Å². The van der Waals surface area contributed by atoms with Crippen LogP contribution in [0.15, 0.2) is 53.7 Å². The van der Waals surface area contributed by atoms with Crippen LogP contribution in [-0.4, -0.2) is 22.8 Å². The fraction of sp³-hybridized carbons (Fsp3) is 0.278. The molecule has 2 aromatic heterocycles. The Morgan fingerprint density at radius 1 is 1.19 bits per heavy atom. The summed E-state index contributed by atoms with van der Waals surface area (Å²) in [7, 11) is -3.96. The van der Waals surface area contributed by atoms with Crippen LogP contribution in [0.4, 0.5) is 8.78 Å². The molecule has 1 N–H and O–H groups in total. The molecule has 0 bridgehead atoms. The van der Waals surface area contributed by atoms with Gasteiger partial charge in [-0.3, -0.25) is 0 Å². The van der Waals surface area contributed by atoms with E-state index in [4.69, 9.17) is 0 Å². The highest BCUT2D eigenvalue weighted by atomic mass is 32.2. The van der Waals surface area contributed by atoms with Crippen molar-refractivity contribution in [3.8, 4) is 0 Å². The molecule has 27 heavy (non-hydrogen) atoms. The predicted molar refractivity (Wildman–Crippen MR) is 97.0 cm³/mol. The van der Waals surface area contributed by atoms with E-state index in [0.29, 0.717) is 11.2 Å². The predicted octanol–water partition coefficient (Wildman–Crippen LogP) is 3.22. The number of hydrogen-bond donors (Lipinski definition) is 1. The van der Waals surface area contributed by atoms with Gasteiger partial charge < -0.3 is 4.57 Å². The van der Waals surface area contributed by atoms with Gasteiger partial charge in [0.2, 0.25) is 10.0 Å². The van der Waals surface area contributed by atoms with Gasteiger partial charge in [0.1, 0.15) is 4.90 Å². The Labute approximate surface area is 156 Å². The highest BCUT2D eigenvalue weighted by Gasteiger charge is 2.23. The van der Waals surface area contributed by atoms with Crippen molar-refractivity contribution in [1.29, 1.82) is 0 Å². The molecule has 2 heterocycles. The van der Waals surface area contributed by atoms with Crippen molar-refractivity contribution in [2.45, 2.75) is 38.4 Å². The zero-order valence-corrected chi connectivity index (χ0v) is 15.7. The molecule has 0 aliphatic heterocycles. The van der Waals surface area contributed by atoms with Gasteiger partial charge in [0, 0.05) is 18.4 Å². The van der Waals surface area contributed by atoms with E-state index in [1.54, 1.807) is 0 Å². The van der Waals surface area contributed by atoms with Gasteiger partial charge in [-0.25, -0.2) is 17.8 Å². The molecule has 0 fully saturated rings. The fourth-order valence-electron chi connectivity index (χ4n) is 2.89. The van der Waals surface area contributed by atoms with Crippen molar-refractivity contribution >= 4 is 10.0 Å². The largest absolute Gasteiger partial charge is 0.346 e. The van der Waals surface area contributed by atoms with Gasteiger partial charge in [0.25, 0.3) is 0 Å². The lowest BCUT2D eigenvalue weighted by Crippen LogP contribution is -2.25. The Hall–Kier alpha value is -2.52. The lowest BCUT2D eigenvalue weighted by atomic mass is 10.1. The summed E-state index contributed by atoms with van der Waals surface area (Å²) in [5.74, 6) is 0. The summed E-state index contributed by atoms with van der Waals surface area (Å²) in [5.41, 5.74) is 2.91. The van der Waals surface area contributed by atoms with E-state index in [1.807, 2.05) is 48.0 Å². The molecule has 6 nitrogen and oxygen atoms in total. The molecule has 3 rings (SSSR count). The quantitative estimate of drug-likeness (QED) is 0.669. The van der Waals surface area contributed by atoms with Crippen LogP contribution in [-0.2, 0) is 23.1 Å². The average Bonchev–Trinajstić information content (AvgIpc) is 3.20. The molecule has 0 amide bonds. The smallest absolute Gasteiger partial charge is 0.333 e. The monoisotopic (exact) mass is 394 g/mol. The third-order valence-corrected chi connectivity index (χ3v) is 5.78. The van der Waals surface area contributed by atoms with Gasteiger partial charge >= 0.3 is 6.55 Å². The van der Waals surface area contributed by atoms with Crippen molar-refractivity contribution in [2.75, 3.05) is 0 Å². The van der Waals surface area contributed by atoms with Crippen molar-refractivity contribution in [3.63, 3.8) is 0 Å². The molecule has 0 saturated heterocycles. The Kier molecular flexibility index (Phi) is 5.43. The van der Waals surface area contributed by atoms with Gasteiger partial charge in [-0.2, -0.15) is 13.9 Å². The summed E-state index contributed by atoms with van der Waals surface area (Å²) in [6.45, 7) is 1.07. The average molecular weight is 394 g/mol. The summed E-state index contributed by atoms with van der Waals surface area (Å²) in [5, 5.41) is 3.45. The molecule has 3 aromatic rings. The van der Waals surface area contributed by atoms with Crippen LogP contribution < -0.4 is 4.72 Å². The Balaban J connectivity index is 1.75. The molecule has 0 radical (unpaired) electrons. The molecule has 1 aromatic carbocycles. The van der Waals surface area contributed by atoms with E-state index in [0.717, 1.165) is 23.0 Å². The summed E-state index contributed by atoms with van der Waals surface area (Å²) in [4.78, 5) is -0.250. The van der Waals surface area contributed by atoms with E-state index in [9.17, 15) is 17.2 Å². The first-order valence-electron chi connectivity index (χ1n) is 8.29. The van der Waals surface area contributed by atoms with Crippen LogP contribution in [0.5, 0.6) is 0 Å². The summed E-state index contributed by atoms with van der Waals surface area (Å²) in [6.07, 6.45) is 2.81. The number of aromatic nitrogens is 3. The van der Waals surface area contributed by atoms with Crippen molar-refractivity contribution in [3.05, 3.63) is 71.3 Å². The number of nitrogens with one attached hydrogen (secondary N) is 1. The molecule has 0 aliphatic rings. The van der Waals surface area contributed by atoms with E-state index in [2.05, 4.69) is 15.9 Å². The van der Waals surface area contributed by atoms with Gasteiger partial charge in [-0.1, -0.05) is 29.8 Å². The molecular weight excluding hydrogens is 374 g/mol. The molecule has 0 unspecified atom stereocenters. The van der Waals surface area contributed by atoms with Gasteiger partial charge in [0.15, 0.2) is 0 Å². The Morgan fingerprint density at radius 2 is 1.96 bits per heavy atom. The van der Waals surface area contributed by atoms with Crippen LogP contribution in [0.2, 0.25) is 0 Å². The van der Waals surface area contributed by atoms with Crippen LogP contribution in [0.1, 0.15) is 29.1 Å². The topological polar surface area (TPSA) is 68.9 Å². The number of benzene rings is 1. The molecule has 0 saturated carbocycles. The van der Waals surface area contributed by atoms with E-state index in [1.165, 1.54) is 6.92 Å². The minimum absolute atomic E-state index is 0.0421. The van der Waals surface area contributed by atoms with Gasteiger partial charge in [-0.05, 0) is 31.5 Å². The maximum absolute atomic E-state index is 12.8. The van der Waals surface area contributed by atoms with Crippen LogP contribution in [0.25, 0.3) is 0 Å². The third kappa shape index (κ3) is 4.25. The first kappa shape index (κ1) is 19.2. The molecular formula is C18H20F2N4O2S. The minimum Gasteiger partial charge on any atom is -0.346 e. The SMILES string of the molecule is Cc1cccc(Cn2cccc2CNS(=O)(=O)c2cnn(C(F)F)c2C)c1. The maximum atomic E-state index is 12.8. The number of nitrogens with zero attached hydrogens (tertiary/aromatic N) is 3. The zero-order valence-electron chi connectivity index (χ0n) is 14.9. The normalized spacial score (nSPS) is 12.0. The number of rotatable bonds is 7. The highest BCUT2D eigenvalue weighted by Crippen LogP contribution is 2.20. The van der Waals surface area contributed by atoms with E-state index in [-0.39, 0.29) is 17.1 Å². The van der Waals surface area contributed by atoms with Crippen molar-refractivity contribution in [1.82, 2.24) is 19.1 Å². The lowest BCUT2D eigenvalue weighted by molar-refractivity contribution is 0.0541. The number of aryl methyl sites for hydroxylation is 1. The molecule has 0 spiro atoms. The fourth-order valence-corrected chi connectivity index (χ4v) is 4.05. The van der Waals surface area contributed by atoms with Crippen LogP contribution >= 0.6 is 0 Å². The third-order valence-electron chi connectivity index (χ3n) is 4.28. The van der Waals surface area contributed by atoms with Crippen LogP contribution in [0, 0.1) is 13.8 Å². The number of halogens is 2. The van der Waals surface area contributed by atoms with Crippen LogP contribution in [0.3, 0.4) is 0 Å². The Morgan fingerprint density at radius 3 is 2.63 bits per heavy atom. The molecule has 144 valence electrons. The van der Waals surface area contributed by atoms with Crippen molar-refractivity contribution in [2.24, 2.45) is 0 Å². The van der Waals surface area contributed by atoms with E-state index < -0.39 is 16.6 Å². The first-order chi connectivity index (χ1) is 12.8. The standard InChI is InChI=1S/C18H20F2N4O2S/c1-13-5-3-6-15(9-13)12-23-8-4-7-16(23)10-22-27(25,26)17-11-21-24(14(17)2)18(19)20/h3-9,11,18,22H,10,12H2,1-2H3. The van der Waals surface area contributed by atoms with Crippen molar-refractivity contribution < 1.29 is 17.2 Å². The molecule has 0 aliphatic carbocycles. The molecule has 0 atom stereocenters. The highest BCUT2D eigenvalue weighted by molar-refractivity contribution is 7.89. The maximum Gasteiger partial charge on any atom is 0.333 e. The molecule has 9 heteroatoms. The second-order valence-electron chi connectivity index (χ2n) is 6.26. The zero-order chi connectivity index (χ0) is 19.6. The van der Waals surface area contributed by atoms with E-state index >= 15 is 0 Å². The summed E-state index contributed by atoms with van der Waals surface area (Å²) >= 11 is 0. The number of alkyl halides is 2. The first-order valence-corrected chi connectivity index (χ1v) is 9.78. The number of sulfonamides is 1. The summed E-state index contributed by atoms with van der Waals surface area (Å²) in [6, 6.07) is 11.7. The number of hydrogen-bond acceptors (Lipinski definition) is 3. The minimum atomic E-state index is -3.96. The van der Waals surface area contributed by atoms with Gasteiger partial charge in [0.05, 0.1) is 18.4 Å². The second kappa shape index (κ2) is 7.61.